The summed E-state index contributed by atoms with van der Waals surface area (Å²) >= 11 is 0. The van der Waals surface area contributed by atoms with Crippen molar-refractivity contribution in [3.8, 4) is 17.2 Å². The number of aromatic carboxylic acids is 1. The second-order valence-corrected chi connectivity index (χ2v) is 7.14. The van der Waals surface area contributed by atoms with Crippen LogP contribution in [0.4, 0.5) is 5.69 Å². The molecule has 3 rings (SSSR count). The van der Waals surface area contributed by atoms with Gasteiger partial charge in [0, 0.05) is 11.1 Å². The van der Waals surface area contributed by atoms with Gasteiger partial charge in [0.2, 0.25) is 0 Å². The fourth-order valence-corrected chi connectivity index (χ4v) is 3.25. The van der Waals surface area contributed by atoms with Crippen LogP contribution in [0.3, 0.4) is 0 Å². The van der Waals surface area contributed by atoms with Gasteiger partial charge in [0.05, 0.1) is 32.6 Å². The highest BCUT2D eigenvalue weighted by atomic mass is 16.5. The summed E-state index contributed by atoms with van der Waals surface area (Å²) in [5.74, 6) is -1.35. The van der Waals surface area contributed by atoms with Crippen molar-refractivity contribution in [1.82, 2.24) is 5.32 Å². The molecule has 0 fully saturated rings. The average molecular weight is 476 g/mol. The molecule has 0 spiro atoms. The van der Waals surface area contributed by atoms with E-state index in [4.69, 9.17) is 14.2 Å². The molecular formula is C26H24N2O7. The van der Waals surface area contributed by atoms with Crippen LogP contribution in [0, 0.1) is 0 Å². The molecule has 0 radical (unpaired) electrons. The largest absolute Gasteiger partial charge is 0.495 e. The highest BCUT2D eigenvalue weighted by Gasteiger charge is 2.19. The number of carbonyl (C=O) groups excluding carboxylic acids is 2. The first-order valence-electron chi connectivity index (χ1n) is 10.4. The van der Waals surface area contributed by atoms with Gasteiger partial charge in [-0.3, -0.25) is 9.59 Å². The Bertz CT molecular complexity index is 1270. The summed E-state index contributed by atoms with van der Waals surface area (Å²) in [5, 5.41) is 14.6. The molecular weight excluding hydrogens is 452 g/mol. The van der Waals surface area contributed by atoms with Crippen molar-refractivity contribution >= 4 is 29.5 Å². The number of carboxylic acids is 1. The van der Waals surface area contributed by atoms with Gasteiger partial charge in [-0.1, -0.05) is 30.3 Å². The molecule has 0 atom stereocenters. The molecule has 0 bridgehead atoms. The predicted octanol–water partition coefficient (Wildman–Crippen LogP) is 3.82. The normalized spacial score (nSPS) is 10.8. The van der Waals surface area contributed by atoms with Gasteiger partial charge in [-0.2, -0.15) is 0 Å². The Kier molecular flexibility index (Phi) is 8.07. The number of carboxylic acid groups (broad SMARTS) is 1. The van der Waals surface area contributed by atoms with E-state index in [2.05, 4.69) is 10.6 Å². The topological polar surface area (TPSA) is 123 Å². The zero-order valence-corrected chi connectivity index (χ0v) is 19.3. The van der Waals surface area contributed by atoms with Gasteiger partial charge < -0.3 is 30.0 Å². The molecule has 35 heavy (non-hydrogen) atoms. The molecule has 0 aliphatic heterocycles. The van der Waals surface area contributed by atoms with E-state index in [-0.39, 0.29) is 22.7 Å². The van der Waals surface area contributed by atoms with E-state index in [9.17, 15) is 19.5 Å². The highest BCUT2D eigenvalue weighted by molar-refractivity contribution is 6.11. The zero-order valence-electron chi connectivity index (χ0n) is 19.3. The first kappa shape index (κ1) is 24.8. The minimum atomic E-state index is -1.17. The van der Waals surface area contributed by atoms with Gasteiger partial charge in [-0.25, -0.2) is 4.79 Å². The maximum atomic E-state index is 13.3. The standard InChI is InChI=1S/C26H24N2O7/c1-33-21-13-12-18(26(31)32)15-19(21)27-25(30)20(28-24(29)16-8-5-4-6-9-16)14-17-10-7-11-22(34-2)23(17)35-3/h4-15H,1-3H3,(H,27,30)(H,28,29)(H,31,32). The van der Waals surface area contributed by atoms with Gasteiger partial charge >= 0.3 is 5.97 Å². The van der Waals surface area contributed by atoms with Crippen LogP contribution in [0.5, 0.6) is 17.2 Å². The van der Waals surface area contributed by atoms with Crippen molar-refractivity contribution in [2.24, 2.45) is 0 Å². The number of anilines is 1. The Morgan fingerprint density at radius 2 is 1.51 bits per heavy atom. The molecule has 2 amide bonds. The van der Waals surface area contributed by atoms with Gasteiger partial charge in [0.15, 0.2) is 11.5 Å². The van der Waals surface area contributed by atoms with Crippen molar-refractivity contribution < 1.29 is 33.7 Å². The lowest BCUT2D eigenvalue weighted by molar-refractivity contribution is -0.113. The molecule has 0 heterocycles. The third kappa shape index (κ3) is 5.97. The SMILES string of the molecule is COc1ccc(C(=O)O)cc1NC(=O)C(=Cc1cccc(OC)c1OC)NC(=O)c1ccccc1. The minimum absolute atomic E-state index is 0.0468. The summed E-state index contributed by atoms with van der Waals surface area (Å²) in [6, 6.07) is 17.5. The molecule has 0 saturated heterocycles. The molecule has 0 aromatic heterocycles. The maximum absolute atomic E-state index is 13.3. The third-order valence-corrected chi connectivity index (χ3v) is 4.96. The fourth-order valence-electron chi connectivity index (χ4n) is 3.25. The Morgan fingerprint density at radius 3 is 2.14 bits per heavy atom. The summed E-state index contributed by atoms with van der Waals surface area (Å²) in [6.45, 7) is 0. The quantitative estimate of drug-likeness (QED) is 0.401. The lowest BCUT2D eigenvalue weighted by Crippen LogP contribution is -2.31. The highest BCUT2D eigenvalue weighted by Crippen LogP contribution is 2.32. The van der Waals surface area contributed by atoms with E-state index in [0.29, 0.717) is 22.6 Å². The van der Waals surface area contributed by atoms with Crippen LogP contribution in [0.15, 0.2) is 72.4 Å². The van der Waals surface area contributed by atoms with E-state index in [0.717, 1.165) is 0 Å². The van der Waals surface area contributed by atoms with E-state index < -0.39 is 17.8 Å². The second-order valence-electron chi connectivity index (χ2n) is 7.14. The number of hydrogen-bond donors (Lipinski definition) is 3. The first-order chi connectivity index (χ1) is 16.9. The Morgan fingerprint density at radius 1 is 0.800 bits per heavy atom. The fraction of sp³-hybridized carbons (Fsp3) is 0.115. The van der Waals surface area contributed by atoms with E-state index in [1.54, 1.807) is 48.5 Å². The van der Waals surface area contributed by atoms with Crippen molar-refractivity contribution in [2.75, 3.05) is 26.6 Å². The molecule has 0 aliphatic carbocycles. The Hall–Kier alpha value is -4.79. The number of para-hydroxylation sites is 1. The van der Waals surface area contributed by atoms with Crippen molar-refractivity contribution in [1.29, 1.82) is 0 Å². The van der Waals surface area contributed by atoms with Crippen molar-refractivity contribution in [3.63, 3.8) is 0 Å². The summed E-state index contributed by atoms with van der Waals surface area (Å²) in [5.41, 5.74) is 0.767. The van der Waals surface area contributed by atoms with Gasteiger partial charge in [-0.05, 0) is 42.5 Å². The number of methoxy groups -OCH3 is 3. The molecule has 0 aliphatic rings. The predicted molar refractivity (Wildman–Crippen MR) is 130 cm³/mol. The summed E-state index contributed by atoms with van der Waals surface area (Å²) < 4.78 is 16.0. The Labute approximate surface area is 201 Å². The summed E-state index contributed by atoms with van der Waals surface area (Å²) in [7, 11) is 4.33. The number of hydrogen-bond acceptors (Lipinski definition) is 6. The van der Waals surface area contributed by atoms with Crippen LogP contribution in [-0.2, 0) is 4.79 Å². The lowest BCUT2D eigenvalue weighted by atomic mass is 10.1. The minimum Gasteiger partial charge on any atom is -0.495 e. The monoisotopic (exact) mass is 476 g/mol. The molecule has 0 unspecified atom stereocenters. The van der Waals surface area contributed by atoms with E-state index >= 15 is 0 Å². The average Bonchev–Trinajstić information content (AvgIpc) is 2.88. The molecule has 180 valence electrons. The first-order valence-corrected chi connectivity index (χ1v) is 10.4. The van der Waals surface area contributed by atoms with E-state index in [1.807, 2.05) is 0 Å². The third-order valence-electron chi connectivity index (χ3n) is 4.96. The zero-order chi connectivity index (χ0) is 25.4. The molecule has 0 saturated carbocycles. The number of rotatable bonds is 9. The number of amides is 2. The van der Waals surface area contributed by atoms with Crippen LogP contribution in [0.1, 0.15) is 26.3 Å². The Balaban J connectivity index is 2.04. The van der Waals surface area contributed by atoms with Crippen LogP contribution < -0.4 is 24.8 Å². The van der Waals surface area contributed by atoms with Crippen LogP contribution in [-0.4, -0.2) is 44.2 Å². The lowest BCUT2D eigenvalue weighted by Gasteiger charge is -2.15. The maximum Gasteiger partial charge on any atom is 0.335 e. The molecule has 9 nitrogen and oxygen atoms in total. The van der Waals surface area contributed by atoms with Gasteiger partial charge in [-0.15, -0.1) is 0 Å². The van der Waals surface area contributed by atoms with Crippen LogP contribution in [0.25, 0.3) is 6.08 Å². The second kappa shape index (κ2) is 11.4. The van der Waals surface area contributed by atoms with Crippen molar-refractivity contribution in [3.05, 3.63) is 89.1 Å². The molecule has 3 N–H and O–H groups in total. The van der Waals surface area contributed by atoms with Gasteiger partial charge in [0.1, 0.15) is 11.4 Å². The number of carbonyl (C=O) groups is 3. The molecule has 3 aromatic carbocycles. The number of ether oxygens (including phenoxy) is 3. The summed E-state index contributed by atoms with van der Waals surface area (Å²) in [6.07, 6.45) is 1.44. The van der Waals surface area contributed by atoms with Crippen LogP contribution in [0.2, 0.25) is 0 Å². The van der Waals surface area contributed by atoms with Gasteiger partial charge in [0.25, 0.3) is 11.8 Å². The van der Waals surface area contributed by atoms with E-state index in [1.165, 1.54) is 45.6 Å². The van der Waals surface area contributed by atoms with Crippen LogP contribution >= 0.6 is 0 Å². The number of nitrogens with one attached hydrogen (secondary N) is 2. The van der Waals surface area contributed by atoms with Crippen molar-refractivity contribution in [2.45, 2.75) is 0 Å². The summed E-state index contributed by atoms with van der Waals surface area (Å²) in [4.78, 5) is 37.6. The molecule has 9 heteroatoms. The number of benzene rings is 3. The molecule has 3 aromatic rings. The smallest absolute Gasteiger partial charge is 0.335 e.